The normalized spacial score (nSPS) is 10.6. The van der Waals surface area contributed by atoms with Gasteiger partial charge in [-0.3, -0.25) is 0 Å². The lowest BCUT2D eigenvalue weighted by Crippen LogP contribution is -2.33. The number of ether oxygens (including phenoxy) is 1. The zero-order valence-corrected chi connectivity index (χ0v) is 17.4. The van der Waals surface area contributed by atoms with Crippen LogP contribution in [0.1, 0.15) is 22.8 Å². The first-order valence-electron chi connectivity index (χ1n) is 9.20. The van der Waals surface area contributed by atoms with Crippen molar-refractivity contribution in [2.75, 3.05) is 18.9 Å². The Labute approximate surface area is 174 Å². The summed E-state index contributed by atoms with van der Waals surface area (Å²) in [6.07, 6.45) is 0.470. The average Bonchev–Trinajstić information content (AvgIpc) is 3.15. The molecule has 0 spiro atoms. The lowest BCUT2D eigenvalue weighted by atomic mass is 10.1. The molecule has 3 rings (SSSR count). The Balaban J connectivity index is 1.46. The van der Waals surface area contributed by atoms with E-state index in [4.69, 9.17) is 20.9 Å². The fraction of sp³-hybridized carbons (Fsp3) is 0.286. The molecule has 0 radical (unpaired) electrons. The SMILES string of the molecule is Cc1ccc(OCc2nc(CCN(C)C(=O)Nc3ccc(Cl)cc3)no2)c(C)c1. The van der Waals surface area contributed by atoms with Gasteiger partial charge in [-0.15, -0.1) is 0 Å². The van der Waals surface area contributed by atoms with Crippen LogP contribution in [0.25, 0.3) is 0 Å². The van der Waals surface area contributed by atoms with Gasteiger partial charge in [0.15, 0.2) is 12.4 Å². The Kier molecular flexibility index (Phi) is 6.72. The van der Waals surface area contributed by atoms with Gasteiger partial charge in [0.1, 0.15) is 5.75 Å². The summed E-state index contributed by atoms with van der Waals surface area (Å²) in [6.45, 7) is 4.67. The van der Waals surface area contributed by atoms with E-state index in [2.05, 4.69) is 21.5 Å². The Bertz CT molecular complexity index is 972. The van der Waals surface area contributed by atoms with E-state index in [9.17, 15) is 4.79 Å². The maximum Gasteiger partial charge on any atom is 0.321 e. The lowest BCUT2D eigenvalue weighted by Gasteiger charge is -2.17. The van der Waals surface area contributed by atoms with Crippen LogP contribution in [0.3, 0.4) is 0 Å². The standard InChI is InChI=1S/C21H23ClN4O3/c1-14-4-9-18(15(2)12-14)28-13-20-24-19(25-29-20)10-11-26(3)21(27)23-17-7-5-16(22)6-8-17/h4-9,12H,10-11,13H2,1-3H3,(H,23,27). The Hall–Kier alpha value is -3.06. The average molecular weight is 415 g/mol. The minimum atomic E-state index is -0.228. The van der Waals surface area contributed by atoms with Gasteiger partial charge in [0.2, 0.25) is 0 Å². The third-order valence-electron chi connectivity index (χ3n) is 4.30. The van der Waals surface area contributed by atoms with E-state index in [0.29, 0.717) is 35.4 Å². The number of hydrogen-bond acceptors (Lipinski definition) is 5. The van der Waals surface area contributed by atoms with Gasteiger partial charge in [-0.1, -0.05) is 34.5 Å². The maximum absolute atomic E-state index is 12.2. The number of carbonyl (C=O) groups excluding carboxylic acids is 1. The highest BCUT2D eigenvalue weighted by atomic mass is 35.5. The van der Waals surface area contributed by atoms with Crippen molar-refractivity contribution in [1.29, 1.82) is 0 Å². The van der Waals surface area contributed by atoms with Crippen molar-refractivity contribution in [3.63, 3.8) is 0 Å². The number of hydrogen-bond donors (Lipinski definition) is 1. The number of amides is 2. The highest BCUT2D eigenvalue weighted by molar-refractivity contribution is 6.30. The zero-order chi connectivity index (χ0) is 20.8. The van der Waals surface area contributed by atoms with Gasteiger partial charge in [0, 0.05) is 30.7 Å². The first-order valence-corrected chi connectivity index (χ1v) is 9.57. The van der Waals surface area contributed by atoms with Gasteiger partial charge in [-0.2, -0.15) is 4.98 Å². The predicted octanol–water partition coefficient (Wildman–Crippen LogP) is 4.63. The molecule has 2 aromatic carbocycles. The smallest absolute Gasteiger partial charge is 0.321 e. The van der Waals surface area contributed by atoms with Gasteiger partial charge >= 0.3 is 6.03 Å². The van der Waals surface area contributed by atoms with E-state index in [0.717, 1.165) is 11.3 Å². The van der Waals surface area contributed by atoms with E-state index in [1.54, 1.807) is 36.2 Å². The van der Waals surface area contributed by atoms with E-state index in [1.165, 1.54) is 5.56 Å². The van der Waals surface area contributed by atoms with Crippen molar-refractivity contribution in [3.8, 4) is 5.75 Å². The van der Waals surface area contributed by atoms with Crippen LogP contribution in [0.5, 0.6) is 5.75 Å². The van der Waals surface area contributed by atoms with Gasteiger partial charge in [-0.25, -0.2) is 4.79 Å². The molecule has 0 unspecified atom stereocenters. The molecule has 0 aliphatic rings. The molecule has 0 saturated heterocycles. The van der Waals surface area contributed by atoms with E-state index >= 15 is 0 Å². The number of carbonyl (C=O) groups is 1. The van der Waals surface area contributed by atoms with Gasteiger partial charge in [0.05, 0.1) is 0 Å². The van der Waals surface area contributed by atoms with Crippen LogP contribution >= 0.6 is 11.6 Å². The number of nitrogens with one attached hydrogen (secondary N) is 1. The quantitative estimate of drug-likeness (QED) is 0.609. The van der Waals surface area contributed by atoms with Crippen LogP contribution in [0.15, 0.2) is 47.0 Å². The Morgan fingerprint density at radius 1 is 1.21 bits per heavy atom. The fourth-order valence-electron chi connectivity index (χ4n) is 2.67. The largest absolute Gasteiger partial charge is 0.483 e. The number of nitrogens with zero attached hydrogens (tertiary/aromatic N) is 3. The molecule has 0 aliphatic heterocycles. The summed E-state index contributed by atoms with van der Waals surface area (Å²) < 4.78 is 11.0. The van der Waals surface area contributed by atoms with Crippen molar-refractivity contribution in [2.24, 2.45) is 0 Å². The molecule has 1 N–H and O–H groups in total. The summed E-state index contributed by atoms with van der Waals surface area (Å²) in [4.78, 5) is 18.1. The molecule has 1 heterocycles. The second-order valence-corrected chi connectivity index (χ2v) is 7.21. The van der Waals surface area contributed by atoms with E-state index in [1.807, 2.05) is 26.0 Å². The topological polar surface area (TPSA) is 80.5 Å². The zero-order valence-electron chi connectivity index (χ0n) is 16.6. The molecule has 152 valence electrons. The first-order chi connectivity index (χ1) is 13.9. The molecule has 0 bridgehead atoms. The van der Waals surface area contributed by atoms with Crippen molar-refractivity contribution in [1.82, 2.24) is 15.0 Å². The molecule has 0 saturated carbocycles. The van der Waals surface area contributed by atoms with Crippen molar-refractivity contribution < 1.29 is 14.1 Å². The number of halogens is 1. The van der Waals surface area contributed by atoms with Crippen molar-refractivity contribution in [2.45, 2.75) is 26.9 Å². The summed E-state index contributed by atoms with van der Waals surface area (Å²) >= 11 is 5.85. The van der Waals surface area contributed by atoms with Crippen molar-refractivity contribution >= 4 is 23.3 Å². The summed E-state index contributed by atoms with van der Waals surface area (Å²) in [6, 6.07) is 12.7. The minimum Gasteiger partial charge on any atom is -0.483 e. The molecule has 0 fully saturated rings. The first kappa shape index (κ1) is 20.7. The predicted molar refractivity (Wildman–Crippen MR) is 111 cm³/mol. The maximum atomic E-state index is 12.2. The van der Waals surface area contributed by atoms with Gasteiger partial charge in [-0.05, 0) is 49.7 Å². The van der Waals surface area contributed by atoms with E-state index < -0.39 is 0 Å². The van der Waals surface area contributed by atoms with Gasteiger partial charge in [0.25, 0.3) is 5.89 Å². The van der Waals surface area contributed by atoms with Crippen LogP contribution in [0.4, 0.5) is 10.5 Å². The highest BCUT2D eigenvalue weighted by Gasteiger charge is 2.12. The van der Waals surface area contributed by atoms with Crippen LogP contribution in [-0.4, -0.2) is 34.7 Å². The number of anilines is 1. The second kappa shape index (κ2) is 9.43. The number of aryl methyl sites for hydroxylation is 2. The molecular weight excluding hydrogens is 392 g/mol. The molecule has 3 aromatic rings. The third kappa shape index (κ3) is 5.96. The summed E-state index contributed by atoms with van der Waals surface area (Å²) in [5.41, 5.74) is 2.91. The highest BCUT2D eigenvalue weighted by Crippen LogP contribution is 2.20. The third-order valence-corrected chi connectivity index (χ3v) is 4.56. The van der Waals surface area contributed by atoms with Gasteiger partial charge < -0.3 is 19.5 Å². The Morgan fingerprint density at radius 2 is 1.97 bits per heavy atom. The van der Waals surface area contributed by atoms with E-state index in [-0.39, 0.29) is 12.6 Å². The second-order valence-electron chi connectivity index (χ2n) is 6.77. The molecule has 1 aromatic heterocycles. The molecule has 7 nitrogen and oxygen atoms in total. The lowest BCUT2D eigenvalue weighted by molar-refractivity contribution is 0.222. The number of urea groups is 1. The molecule has 0 aliphatic carbocycles. The molecule has 8 heteroatoms. The summed E-state index contributed by atoms with van der Waals surface area (Å²) in [5, 5.41) is 7.37. The molecule has 0 atom stereocenters. The monoisotopic (exact) mass is 414 g/mol. The molecule has 2 amide bonds. The number of benzene rings is 2. The fourth-order valence-corrected chi connectivity index (χ4v) is 2.80. The summed E-state index contributed by atoms with van der Waals surface area (Å²) in [7, 11) is 1.70. The van der Waals surface area contributed by atoms with Crippen LogP contribution in [0.2, 0.25) is 5.02 Å². The minimum absolute atomic E-state index is 0.198. The number of rotatable bonds is 7. The van der Waals surface area contributed by atoms with Crippen molar-refractivity contribution in [3.05, 3.63) is 70.3 Å². The Morgan fingerprint density at radius 3 is 2.69 bits per heavy atom. The molecule has 29 heavy (non-hydrogen) atoms. The summed E-state index contributed by atoms with van der Waals surface area (Å²) in [5.74, 6) is 1.71. The van der Waals surface area contributed by atoms with Crippen LogP contribution in [0, 0.1) is 13.8 Å². The number of likely N-dealkylation sites (N-methyl/N-ethyl adjacent to an activating group) is 1. The number of aromatic nitrogens is 2. The van der Waals surface area contributed by atoms with Crippen LogP contribution in [-0.2, 0) is 13.0 Å². The van der Waals surface area contributed by atoms with Crippen LogP contribution < -0.4 is 10.1 Å². The molecular formula is C21H23ClN4O3.